The Kier molecular flexibility index (Phi) is 4.15. The van der Waals surface area contributed by atoms with Crippen LogP contribution in [-0.4, -0.2) is 26.9 Å². The fourth-order valence-corrected chi connectivity index (χ4v) is 3.47. The van der Waals surface area contributed by atoms with E-state index in [1.54, 1.807) is 25.8 Å². The second-order valence-electron chi connectivity index (χ2n) is 5.42. The van der Waals surface area contributed by atoms with Crippen molar-refractivity contribution in [3.05, 3.63) is 60.3 Å². The predicted octanol–water partition coefficient (Wildman–Crippen LogP) is 4.02. The van der Waals surface area contributed by atoms with Gasteiger partial charge in [0.1, 0.15) is 5.75 Å². The van der Waals surface area contributed by atoms with Crippen LogP contribution in [0.5, 0.6) is 5.75 Å². The minimum absolute atomic E-state index is 0.569. The Labute approximate surface area is 148 Å². The molecule has 0 bridgehead atoms. The van der Waals surface area contributed by atoms with E-state index in [-0.39, 0.29) is 0 Å². The Morgan fingerprint density at radius 1 is 1.08 bits per heavy atom. The Balaban J connectivity index is 1.74. The van der Waals surface area contributed by atoms with Crippen molar-refractivity contribution in [3.8, 4) is 11.4 Å². The number of hydrogen-bond acceptors (Lipinski definition) is 6. The zero-order chi connectivity index (χ0) is 17.2. The van der Waals surface area contributed by atoms with E-state index >= 15 is 0 Å². The second-order valence-corrected chi connectivity index (χ2v) is 6.36. The number of rotatable bonds is 5. The molecular weight excluding hydrogens is 336 g/mol. The number of para-hydroxylation sites is 2. The number of methoxy groups -OCH3 is 1. The minimum atomic E-state index is 0.569. The summed E-state index contributed by atoms with van der Waals surface area (Å²) in [5.74, 6) is 2.55. The van der Waals surface area contributed by atoms with E-state index in [1.165, 1.54) is 0 Å². The largest absolute Gasteiger partial charge is 0.497 e. The highest BCUT2D eigenvalue weighted by Crippen LogP contribution is 2.30. The maximum atomic E-state index is 5.46. The molecule has 0 fully saturated rings. The summed E-state index contributed by atoms with van der Waals surface area (Å²) in [6, 6.07) is 16.0. The van der Waals surface area contributed by atoms with Gasteiger partial charge in [0.15, 0.2) is 5.16 Å². The third kappa shape index (κ3) is 3.10. The van der Waals surface area contributed by atoms with Gasteiger partial charge in [0.05, 0.1) is 23.9 Å². The number of aryl methyl sites for hydroxylation is 1. The van der Waals surface area contributed by atoms with Crippen LogP contribution in [0.3, 0.4) is 0 Å². The van der Waals surface area contributed by atoms with Crippen molar-refractivity contribution in [1.29, 1.82) is 0 Å². The first kappa shape index (κ1) is 15.7. The van der Waals surface area contributed by atoms with Crippen molar-refractivity contribution < 1.29 is 9.15 Å². The highest BCUT2D eigenvalue weighted by Gasteiger charge is 2.14. The Morgan fingerprint density at radius 2 is 1.88 bits per heavy atom. The van der Waals surface area contributed by atoms with Gasteiger partial charge >= 0.3 is 0 Å². The van der Waals surface area contributed by atoms with Crippen LogP contribution in [0.15, 0.2) is 58.1 Å². The minimum Gasteiger partial charge on any atom is -0.497 e. The molecule has 25 heavy (non-hydrogen) atoms. The highest BCUT2D eigenvalue weighted by molar-refractivity contribution is 7.98. The van der Waals surface area contributed by atoms with Crippen molar-refractivity contribution in [2.75, 3.05) is 7.11 Å². The van der Waals surface area contributed by atoms with Gasteiger partial charge < -0.3 is 9.15 Å². The highest BCUT2D eigenvalue weighted by atomic mass is 32.2. The number of thioether (sulfide) groups is 1. The fourth-order valence-electron chi connectivity index (χ4n) is 2.60. The Morgan fingerprint density at radius 3 is 2.60 bits per heavy atom. The molecule has 2 aromatic carbocycles. The number of fused-ring (bicyclic) bond motifs is 1. The lowest BCUT2D eigenvalue weighted by molar-refractivity contribution is 0.414. The number of hydrogen-bond donors (Lipinski definition) is 0. The van der Waals surface area contributed by atoms with Crippen molar-refractivity contribution in [1.82, 2.24) is 19.7 Å². The first-order valence-electron chi connectivity index (χ1n) is 7.78. The quantitative estimate of drug-likeness (QED) is 0.506. The monoisotopic (exact) mass is 352 g/mol. The van der Waals surface area contributed by atoms with E-state index in [0.29, 0.717) is 17.5 Å². The van der Waals surface area contributed by atoms with Crippen molar-refractivity contribution in [3.63, 3.8) is 0 Å². The Bertz CT molecular complexity index is 1010. The molecule has 7 heteroatoms. The normalized spacial score (nSPS) is 11.1. The molecule has 6 nitrogen and oxygen atoms in total. The lowest BCUT2D eigenvalue weighted by Crippen LogP contribution is -1.97. The van der Waals surface area contributed by atoms with Crippen LogP contribution in [0.4, 0.5) is 0 Å². The third-order valence-electron chi connectivity index (χ3n) is 3.75. The van der Waals surface area contributed by atoms with Crippen LogP contribution in [0, 0.1) is 6.92 Å². The molecule has 0 unspecified atom stereocenters. The van der Waals surface area contributed by atoms with Gasteiger partial charge in [-0.15, -0.1) is 10.2 Å². The third-order valence-corrected chi connectivity index (χ3v) is 4.68. The summed E-state index contributed by atoms with van der Waals surface area (Å²) in [6.07, 6.45) is 0. The topological polar surface area (TPSA) is 66.0 Å². The number of aromatic nitrogens is 4. The van der Waals surface area contributed by atoms with Crippen molar-refractivity contribution >= 4 is 22.8 Å². The molecule has 0 aliphatic heterocycles. The Hall–Kier alpha value is -2.80. The van der Waals surface area contributed by atoms with Gasteiger partial charge in [-0.2, -0.15) is 0 Å². The summed E-state index contributed by atoms with van der Waals surface area (Å²) in [5.41, 5.74) is 3.03. The molecule has 0 spiro atoms. The molecule has 0 aliphatic carbocycles. The van der Waals surface area contributed by atoms with E-state index in [1.807, 2.05) is 42.5 Å². The van der Waals surface area contributed by atoms with E-state index in [4.69, 9.17) is 14.1 Å². The van der Waals surface area contributed by atoms with Crippen LogP contribution >= 0.6 is 11.8 Å². The lowest BCUT2D eigenvalue weighted by atomic mass is 10.2. The number of ether oxygens (including phenoxy) is 1. The summed E-state index contributed by atoms with van der Waals surface area (Å²) >= 11 is 1.57. The maximum absolute atomic E-state index is 5.46. The standard InChI is InChI=1S/C18H16N4O2S/c1-12-20-21-17(24-12)11-25-18-19-15-5-3-4-6-16(15)22(18)13-7-9-14(23-2)10-8-13/h3-10H,11H2,1-2H3. The molecular formula is C18H16N4O2S. The maximum Gasteiger partial charge on any atom is 0.226 e. The molecule has 4 rings (SSSR count). The molecule has 2 heterocycles. The van der Waals surface area contributed by atoms with Gasteiger partial charge in [0.2, 0.25) is 11.8 Å². The summed E-state index contributed by atoms with van der Waals surface area (Å²) < 4.78 is 12.8. The SMILES string of the molecule is COc1ccc(-n2c(SCc3nnc(C)o3)nc3ccccc32)cc1. The molecule has 0 aliphatic rings. The summed E-state index contributed by atoms with van der Waals surface area (Å²) in [6.45, 7) is 1.79. The van der Waals surface area contributed by atoms with Gasteiger partial charge in [-0.1, -0.05) is 23.9 Å². The molecule has 2 aromatic heterocycles. The van der Waals surface area contributed by atoms with Crippen molar-refractivity contribution in [2.24, 2.45) is 0 Å². The zero-order valence-electron chi connectivity index (χ0n) is 13.8. The van der Waals surface area contributed by atoms with Crippen LogP contribution in [-0.2, 0) is 5.75 Å². The summed E-state index contributed by atoms with van der Waals surface area (Å²) in [4.78, 5) is 4.76. The first-order chi connectivity index (χ1) is 12.2. The molecule has 4 aromatic rings. The van der Waals surface area contributed by atoms with E-state index in [9.17, 15) is 0 Å². The molecule has 0 saturated carbocycles. The second kappa shape index (κ2) is 6.60. The number of benzene rings is 2. The lowest BCUT2D eigenvalue weighted by Gasteiger charge is -2.09. The molecule has 0 radical (unpaired) electrons. The molecule has 126 valence electrons. The average molecular weight is 352 g/mol. The molecule has 0 amide bonds. The van der Waals surface area contributed by atoms with E-state index < -0.39 is 0 Å². The first-order valence-corrected chi connectivity index (χ1v) is 8.77. The summed E-state index contributed by atoms with van der Waals surface area (Å²) in [7, 11) is 1.66. The fraction of sp³-hybridized carbons (Fsp3) is 0.167. The van der Waals surface area contributed by atoms with Gasteiger partial charge in [-0.25, -0.2) is 4.98 Å². The van der Waals surface area contributed by atoms with Gasteiger partial charge in [0.25, 0.3) is 0 Å². The van der Waals surface area contributed by atoms with Crippen LogP contribution in [0.2, 0.25) is 0 Å². The predicted molar refractivity (Wildman–Crippen MR) is 96.2 cm³/mol. The van der Waals surface area contributed by atoms with Gasteiger partial charge in [-0.3, -0.25) is 4.57 Å². The zero-order valence-corrected chi connectivity index (χ0v) is 14.7. The molecule has 0 N–H and O–H groups in total. The van der Waals surface area contributed by atoms with Crippen LogP contribution < -0.4 is 4.74 Å². The van der Waals surface area contributed by atoms with Crippen LogP contribution in [0.25, 0.3) is 16.7 Å². The van der Waals surface area contributed by atoms with Gasteiger partial charge in [0, 0.05) is 12.6 Å². The number of imidazole rings is 1. The van der Waals surface area contributed by atoms with E-state index in [2.05, 4.69) is 20.8 Å². The average Bonchev–Trinajstić information content (AvgIpc) is 3.23. The van der Waals surface area contributed by atoms with Gasteiger partial charge in [-0.05, 0) is 36.4 Å². The van der Waals surface area contributed by atoms with Crippen LogP contribution in [0.1, 0.15) is 11.8 Å². The smallest absolute Gasteiger partial charge is 0.226 e. The molecule has 0 atom stereocenters. The van der Waals surface area contributed by atoms with E-state index in [0.717, 1.165) is 27.6 Å². The summed E-state index contributed by atoms with van der Waals surface area (Å²) in [5, 5.41) is 8.80. The number of nitrogens with zero attached hydrogens (tertiary/aromatic N) is 4. The molecule has 0 saturated heterocycles. The van der Waals surface area contributed by atoms with Crippen molar-refractivity contribution in [2.45, 2.75) is 17.8 Å².